The number of anilines is 1. The minimum Gasteiger partial charge on any atom is -0.444 e. The van der Waals surface area contributed by atoms with Crippen LogP contribution in [0, 0.1) is 0 Å². The fourth-order valence-corrected chi connectivity index (χ4v) is 2.37. The standard InChI is InChI=1S/C17H26N2O3/c1-17(2,3)22-16(20)18-11-12-6-5-7-13(8-12)19-14-9-15(10-14)21-4/h5-8,14-15,19H,9-11H2,1-4H3,(H,18,20). The van der Waals surface area contributed by atoms with Crippen LogP contribution in [0.2, 0.25) is 0 Å². The first-order chi connectivity index (χ1) is 10.4. The smallest absolute Gasteiger partial charge is 0.407 e. The van der Waals surface area contributed by atoms with Crippen molar-refractivity contribution in [2.45, 2.75) is 57.9 Å². The molecule has 0 atom stereocenters. The summed E-state index contributed by atoms with van der Waals surface area (Å²) < 4.78 is 10.5. The van der Waals surface area contributed by atoms with Crippen molar-refractivity contribution < 1.29 is 14.3 Å². The van der Waals surface area contributed by atoms with Gasteiger partial charge in [0.2, 0.25) is 0 Å². The van der Waals surface area contributed by atoms with Gasteiger partial charge in [-0.25, -0.2) is 4.79 Å². The average molecular weight is 306 g/mol. The van der Waals surface area contributed by atoms with Gasteiger partial charge in [-0.3, -0.25) is 0 Å². The molecule has 122 valence electrons. The normalized spacial score (nSPS) is 20.9. The number of nitrogens with one attached hydrogen (secondary N) is 2. The van der Waals surface area contributed by atoms with Crippen LogP contribution in [0.15, 0.2) is 24.3 Å². The number of hydrogen-bond acceptors (Lipinski definition) is 4. The Bertz CT molecular complexity index is 505. The van der Waals surface area contributed by atoms with Crippen molar-refractivity contribution in [1.29, 1.82) is 0 Å². The summed E-state index contributed by atoms with van der Waals surface area (Å²) in [4.78, 5) is 11.7. The largest absolute Gasteiger partial charge is 0.444 e. The van der Waals surface area contributed by atoms with E-state index in [4.69, 9.17) is 9.47 Å². The number of carbonyl (C=O) groups is 1. The molecule has 2 rings (SSSR count). The Balaban J connectivity index is 1.80. The molecule has 0 unspecified atom stereocenters. The van der Waals surface area contributed by atoms with Crippen LogP contribution < -0.4 is 10.6 Å². The van der Waals surface area contributed by atoms with Crippen molar-refractivity contribution in [2.24, 2.45) is 0 Å². The number of hydrogen-bond donors (Lipinski definition) is 2. The number of benzene rings is 1. The highest BCUT2D eigenvalue weighted by Gasteiger charge is 2.28. The van der Waals surface area contributed by atoms with Gasteiger partial charge in [0.05, 0.1) is 6.10 Å². The molecule has 1 fully saturated rings. The minimum absolute atomic E-state index is 0.384. The Morgan fingerprint density at radius 1 is 1.32 bits per heavy atom. The van der Waals surface area contributed by atoms with Crippen molar-refractivity contribution in [3.05, 3.63) is 29.8 Å². The monoisotopic (exact) mass is 306 g/mol. The van der Waals surface area contributed by atoms with Crippen molar-refractivity contribution in [3.63, 3.8) is 0 Å². The Morgan fingerprint density at radius 2 is 2.05 bits per heavy atom. The van der Waals surface area contributed by atoms with Crippen LogP contribution in [0.5, 0.6) is 0 Å². The van der Waals surface area contributed by atoms with Crippen molar-refractivity contribution in [1.82, 2.24) is 5.32 Å². The molecule has 0 spiro atoms. The molecule has 5 heteroatoms. The van der Waals surface area contributed by atoms with Crippen molar-refractivity contribution >= 4 is 11.8 Å². The van der Waals surface area contributed by atoms with Crippen LogP contribution in [0.3, 0.4) is 0 Å². The third-order valence-electron chi connectivity index (χ3n) is 3.56. The summed E-state index contributed by atoms with van der Waals surface area (Å²) in [6.07, 6.45) is 2.07. The first-order valence-corrected chi connectivity index (χ1v) is 7.71. The molecule has 0 bridgehead atoms. The highest BCUT2D eigenvalue weighted by atomic mass is 16.6. The molecule has 0 radical (unpaired) electrons. The summed E-state index contributed by atoms with van der Waals surface area (Å²) >= 11 is 0. The molecule has 0 saturated heterocycles. The number of amides is 1. The van der Waals surface area contributed by atoms with E-state index < -0.39 is 11.7 Å². The van der Waals surface area contributed by atoms with E-state index in [1.165, 1.54) is 0 Å². The summed E-state index contributed by atoms with van der Waals surface area (Å²) in [5.74, 6) is 0. The van der Waals surface area contributed by atoms with E-state index >= 15 is 0 Å². The van der Waals surface area contributed by atoms with Gasteiger partial charge < -0.3 is 20.1 Å². The number of alkyl carbamates (subject to hydrolysis) is 1. The summed E-state index contributed by atoms with van der Waals surface area (Å²) in [5.41, 5.74) is 1.64. The molecule has 2 N–H and O–H groups in total. The van der Waals surface area contributed by atoms with Gasteiger partial charge in [-0.1, -0.05) is 12.1 Å². The van der Waals surface area contributed by atoms with E-state index in [-0.39, 0.29) is 0 Å². The molecule has 1 aromatic rings. The topological polar surface area (TPSA) is 59.6 Å². The minimum atomic E-state index is -0.477. The van der Waals surface area contributed by atoms with Crippen LogP contribution in [0.1, 0.15) is 39.2 Å². The third-order valence-corrected chi connectivity index (χ3v) is 3.56. The van der Waals surface area contributed by atoms with Crippen molar-refractivity contribution in [3.8, 4) is 0 Å². The second-order valence-electron chi connectivity index (χ2n) is 6.73. The number of ether oxygens (including phenoxy) is 2. The highest BCUT2D eigenvalue weighted by molar-refractivity contribution is 5.67. The van der Waals surface area contributed by atoms with Crippen LogP contribution in [0.25, 0.3) is 0 Å². The molecule has 1 aliphatic carbocycles. The first-order valence-electron chi connectivity index (χ1n) is 7.71. The van der Waals surface area contributed by atoms with Crippen LogP contribution in [-0.4, -0.2) is 30.9 Å². The molecule has 22 heavy (non-hydrogen) atoms. The molecule has 0 aliphatic heterocycles. The van der Waals surface area contributed by atoms with Gasteiger partial charge >= 0.3 is 6.09 Å². The fourth-order valence-electron chi connectivity index (χ4n) is 2.37. The first kappa shape index (κ1) is 16.6. The molecule has 0 aromatic heterocycles. The average Bonchev–Trinajstić information content (AvgIpc) is 2.39. The molecule has 1 aromatic carbocycles. The van der Waals surface area contributed by atoms with Crippen LogP contribution >= 0.6 is 0 Å². The van der Waals surface area contributed by atoms with E-state index in [9.17, 15) is 4.79 Å². The van der Waals surface area contributed by atoms with E-state index in [0.717, 1.165) is 24.1 Å². The molecule has 5 nitrogen and oxygen atoms in total. The van der Waals surface area contributed by atoms with Gasteiger partial charge in [0.25, 0.3) is 0 Å². The van der Waals surface area contributed by atoms with Gasteiger partial charge in [0.1, 0.15) is 5.60 Å². The van der Waals surface area contributed by atoms with Crippen LogP contribution in [-0.2, 0) is 16.0 Å². The zero-order valence-electron chi connectivity index (χ0n) is 13.8. The molecule has 0 heterocycles. The lowest BCUT2D eigenvalue weighted by Crippen LogP contribution is -2.40. The predicted octanol–water partition coefficient (Wildman–Crippen LogP) is 3.30. The summed E-state index contributed by atoms with van der Waals surface area (Å²) in [5, 5.41) is 6.26. The van der Waals surface area contributed by atoms with E-state index in [1.54, 1.807) is 7.11 Å². The molecule has 1 saturated carbocycles. The molecular weight excluding hydrogens is 280 g/mol. The van der Waals surface area contributed by atoms with E-state index in [1.807, 2.05) is 39.0 Å². The maximum Gasteiger partial charge on any atom is 0.407 e. The van der Waals surface area contributed by atoms with E-state index in [0.29, 0.717) is 18.7 Å². The zero-order chi connectivity index (χ0) is 16.2. The lowest BCUT2D eigenvalue weighted by atomic mass is 9.89. The Hall–Kier alpha value is -1.75. The lowest BCUT2D eigenvalue weighted by molar-refractivity contribution is 0.0328. The molecular formula is C17H26N2O3. The number of carbonyl (C=O) groups excluding carboxylic acids is 1. The van der Waals surface area contributed by atoms with Gasteiger partial charge in [0.15, 0.2) is 0 Å². The van der Waals surface area contributed by atoms with Crippen LogP contribution in [0.4, 0.5) is 10.5 Å². The summed E-state index contributed by atoms with van der Waals surface area (Å²) in [7, 11) is 1.75. The van der Waals surface area contributed by atoms with E-state index in [2.05, 4.69) is 16.7 Å². The summed E-state index contributed by atoms with van der Waals surface area (Å²) in [6, 6.07) is 8.54. The molecule has 1 amide bonds. The molecule has 1 aliphatic rings. The maximum absolute atomic E-state index is 11.7. The Morgan fingerprint density at radius 3 is 2.68 bits per heavy atom. The second-order valence-corrected chi connectivity index (χ2v) is 6.73. The van der Waals surface area contributed by atoms with Gasteiger partial charge in [-0.2, -0.15) is 0 Å². The number of rotatable bonds is 5. The van der Waals surface area contributed by atoms with Crippen molar-refractivity contribution in [2.75, 3.05) is 12.4 Å². The van der Waals surface area contributed by atoms with Gasteiger partial charge in [-0.05, 0) is 51.3 Å². The number of methoxy groups -OCH3 is 1. The maximum atomic E-state index is 11.7. The zero-order valence-corrected chi connectivity index (χ0v) is 13.8. The second kappa shape index (κ2) is 7.01. The lowest BCUT2D eigenvalue weighted by Gasteiger charge is -2.35. The Kier molecular flexibility index (Phi) is 5.29. The van der Waals surface area contributed by atoms with Gasteiger partial charge in [0, 0.05) is 25.4 Å². The Labute approximate surface area is 132 Å². The summed E-state index contributed by atoms with van der Waals surface area (Å²) in [6.45, 7) is 6.00. The van der Waals surface area contributed by atoms with Gasteiger partial charge in [-0.15, -0.1) is 0 Å². The fraction of sp³-hybridized carbons (Fsp3) is 0.588. The quantitative estimate of drug-likeness (QED) is 0.876. The highest BCUT2D eigenvalue weighted by Crippen LogP contribution is 2.26. The predicted molar refractivity (Wildman–Crippen MR) is 87.0 cm³/mol. The SMILES string of the molecule is COC1CC(Nc2cccc(CNC(=O)OC(C)(C)C)c2)C1. The third kappa shape index (κ3) is 5.22.